The van der Waals surface area contributed by atoms with Gasteiger partial charge in [0.05, 0.1) is 0 Å². The smallest absolute Gasteiger partial charge is 0.121 e. The first-order valence-electron chi connectivity index (χ1n) is 5.91. The van der Waals surface area contributed by atoms with Crippen LogP contribution in [0.2, 0.25) is 0 Å². The van der Waals surface area contributed by atoms with Gasteiger partial charge in [0.2, 0.25) is 0 Å². The van der Waals surface area contributed by atoms with E-state index in [1.807, 2.05) is 6.92 Å². The molecule has 0 aromatic carbocycles. The summed E-state index contributed by atoms with van der Waals surface area (Å²) in [5, 5.41) is 3.53. The Bertz CT molecular complexity index is 282. The molecular formula is C13H20FN. The topological polar surface area (TPSA) is 12.0 Å². The number of rotatable bonds is 1. The van der Waals surface area contributed by atoms with Gasteiger partial charge in [0, 0.05) is 6.04 Å². The molecular weight excluding hydrogens is 189 g/mol. The summed E-state index contributed by atoms with van der Waals surface area (Å²) in [4.78, 5) is 0. The van der Waals surface area contributed by atoms with Crippen LogP contribution >= 0.6 is 0 Å². The van der Waals surface area contributed by atoms with Crippen molar-refractivity contribution in [2.24, 2.45) is 11.8 Å². The third-order valence-corrected chi connectivity index (χ3v) is 3.62. The predicted octanol–water partition coefficient (Wildman–Crippen LogP) is 2.84. The molecule has 1 aliphatic heterocycles. The number of hydrogen-bond acceptors (Lipinski definition) is 1. The van der Waals surface area contributed by atoms with E-state index in [1.165, 1.54) is 5.57 Å². The highest BCUT2D eigenvalue weighted by Gasteiger charge is 2.29. The molecule has 1 nitrogen and oxygen atoms in total. The predicted molar refractivity (Wildman–Crippen MR) is 61.5 cm³/mol. The third kappa shape index (κ3) is 2.31. The van der Waals surface area contributed by atoms with Crippen molar-refractivity contribution in [3.63, 3.8) is 0 Å². The van der Waals surface area contributed by atoms with Crippen molar-refractivity contribution < 1.29 is 4.39 Å². The molecule has 0 saturated carbocycles. The van der Waals surface area contributed by atoms with Gasteiger partial charge in [0.15, 0.2) is 0 Å². The molecule has 0 fully saturated rings. The second kappa shape index (κ2) is 4.48. The van der Waals surface area contributed by atoms with Crippen LogP contribution in [0.1, 0.15) is 26.7 Å². The lowest BCUT2D eigenvalue weighted by Crippen LogP contribution is -2.41. The molecule has 0 radical (unpaired) electrons. The van der Waals surface area contributed by atoms with Crippen LogP contribution in [0, 0.1) is 11.8 Å². The molecule has 84 valence electrons. The highest BCUT2D eigenvalue weighted by molar-refractivity contribution is 5.18. The van der Waals surface area contributed by atoms with Crippen LogP contribution in [-0.4, -0.2) is 18.8 Å². The molecule has 0 aromatic heterocycles. The van der Waals surface area contributed by atoms with Crippen LogP contribution in [0.3, 0.4) is 0 Å². The summed E-state index contributed by atoms with van der Waals surface area (Å²) in [6, 6.07) is 0.435. The van der Waals surface area contributed by atoms with E-state index < -0.39 is 6.17 Å². The fourth-order valence-corrected chi connectivity index (χ4v) is 2.64. The van der Waals surface area contributed by atoms with E-state index in [0.717, 1.165) is 19.4 Å². The van der Waals surface area contributed by atoms with Gasteiger partial charge in [-0.25, -0.2) is 4.39 Å². The lowest BCUT2D eigenvalue weighted by atomic mass is 9.79. The van der Waals surface area contributed by atoms with Gasteiger partial charge in [-0.05, 0) is 38.1 Å². The van der Waals surface area contributed by atoms with Gasteiger partial charge in [0.1, 0.15) is 6.17 Å². The maximum Gasteiger partial charge on any atom is 0.121 e. The zero-order valence-corrected chi connectivity index (χ0v) is 9.54. The van der Waals surface area contributed by atoms with Crippen LogP contribution in [-0.2, 0) is 0 Å². The molecule has 0 saturated heterocycles. The molecule has 1 heterocycles. The highest BCUT2D eigenvalue weighted by atomic mass is 19.1. The largest absolute Gasteiger partial charge is 0.309 e. The van der Waals surface area contributed by atoms with Crippen molar-refractivity contribution in [1.82, 2.24) is 5.32 Å². The van der Waals surface area contributed by atoms with Gasteiger partial charge in [-0.2, -0.15) is 0 Å². The third-order valence-electron chi connectivity index (χ3n) is 3.62. The molecule has 0 spiro atoms. The first-order chi connectivity index (χ1) is 7.18. The fraction of sp³-hybridized carbons (Fsp3) is 0.692. The van der Waals surface area contributed by atoms with Crippen molar-refractivity contribution in [3.05, 3.63) is 23.8 Å². The van der Waals surface area contributed by atoms with E-state index in [0.29, 0.717) is 12.0 Å². The minimum atomic E-state index is -0.742. The Morgan fingerprint density at radius 2 is 2.20 bits per heavy atom. The first-order valence-corrected chi connectivity index (χ1v) is 5.91. The summed E-state index contributed by atoms with van der Waals surface area (Å²) in [5.74, 6) is 0.639. The number of allylic oxidation sites excluding steroid dienone is 1. The molecule has 4 atom stereocenters. The molecule has 0 bridgehead atoms. The normalized spacial score (nSPS) is 41.4. The zero-order chi connectivity index (χ0) is 10.8. The van der Waals surface area contributed by atoms with E-state index in [4.69, 9.17) is 0 Å². The maximum atomic E-state index is 13.3. The van der Waals surface area contributed by atoms with Crippen molar-refractivity contribution in [3.8, 4) is 0 Å². The Labute approximate surface area is 91.4 Å². The molecule has 15 heavy (non-hydrogen) atoms. The summed E-state index contributed by atoms with van der Waals surface area (Å²) in [6.07, 6.45) is 7.45. The minimum Gasteiger partial charge on any atom is -0.309 e. The van der Waals surface area contributed by atoms with Gasteiger partial charge in [-0.15, -0.1) is 0 Å². The Balaban J connectivity index is 2.08. The number of hydrogen-bond donors (Lipinski definition) is 1. The molecule has 0 aromatic rings. The van der Waals surface area contributed by atoms with Crippen LogP contribution < -0.4 is 5.32 Å². The summed E-state index contributed by atoms with van der Waals surface area (Å²) < 4.78 is 13.3. The Morgan fingerprint density at radius 3 is 2.87 bits per heavy atom. The van der Waals surface area contributed by atoms with Gasteiger partial charge in [-0.3, -0.25) is 0 Å². The SMILES string of the molecule is CC1=CCCNC1C1C=CC(F)C(C)C1. The summed E-state index contributed by atoms with van der Waals surface area (Å²) in [7, 11) is 0. The minimum absolute atomic E-state index is 0.163. The Morgan fingerprint density at radius 1 is 1.40 bits per heavy atom. The highest BCUT2D eigenvalue weighted by Crippen LogP contribution is 2.30. The monoisotopic (exact) mass is 209 g/mol. The van der Waals surface area contributed by atoms with Crippen molar-refractivity contribution in [1.29, 1.82) is 0 Å². The summed E-state index contributed by atoms with van der Waals surface area (Å²) in [6.45, 7) is 5.24. The van der Waals surface area contributed by atoms with Gasteiger partial charge in [0.25, 0.3) is 0 Å². The standard InChI is InChI=1S/C13H20FN/c1-9-4-3-7-15-13(9)11-5-6-12(14)10(2)8-11/h4-6,10-13,15H,3,7-8H2,1-2H3. The van der Waals surface area contributed by atoms with E-state index in [1.54, 1.807) is 6.08 Å². The lowest BCUT2D eigenvalue weighted by Gasteiger charge is -2.34. The summed E-state index contributed by atoms with van der Waals surface area (Å²) in [5.41, 5.74) is 1.42. The van der Waals surface area contributed by atoms with Gasteiger partial charge >= 0.3 is 0 Å². The molecule has 2 heteroatoms. The average molecular weight is 209 g/mol. The van der Waals surface area contributed by atoms with Crippen LogP contribution in [0.25, 0.3) is 0 Å². The Hall–Kier alpha value is -0.630. The van der Waals surface area contributed by atoms with E-state index >= 15 is 0 Å². The Kier molecular flexibility index (Phi) is 3.25. The quantitative estimate of drug-likeness (QED) is 0.655. The van der Waals surface area contributed by atoms with Crippen LogP contribution in [0.4, 0.5) is 4.39 Å². The maximum absolute atomic E-state index is 13.3. The molecule has 0 amide bonds. The van der Waals surface area contributed by atoms with Crippen LogP contribution in [0.15, 0.2) is 23.8 Å². The fourth-order valence-electron chi connectivity index (χ4n) is 2.64. The number of halogens is 1. The van der Waals surface area contributed by atoms with Crippen LogP contribution in [0.5, 0.6) is 0 Å². The molecule has 2 rings (SSSR count). The van der Waals surface area contributed by atoms with E-state index in [-0.39, 0.29) is 5.92 Å². The number of alkyl halides is 1. The second-order valence-electron chi connectivity index (χ2n) is 4.87. The second-order valence-corrected chi connectivity index (χ2v) is 4.87. The van der Waals surface area contributed by atoms with Gasteiger partial charge in [-0.1, -0.05) is 30.7 Å². The zero-order valence-electron chi connectivity index (χ0n) is 9.54. The van der Waals surface area contributed by atoms with E-state index in [2.05, 4.69) is 24.4 Å². The number of nitrogens with one attached hydrogen (secondary N) is 1. The van der Waals surface area contributed by atoms with Crippen molar-refractivity contribution in [2.45, 2.75) is 38.9 Å². The van der Waals surface area contributed by atoms with E-state index in [9.17, 15) is 4.39 Å². The van der Waals surface area contributed by atoms with Crippen molar-refractivity contribution in [2.75, 3.05) is 6.54 Å². The molecule has 2 aliphatic rings. The molecule has 1 aliphatic carbocycles. The average Bonchev–Trinajstić information content (AvgIpc) is 2.23. The first kappa shape index (κ1) is 10.9. The van der Waals surface area contributed by atoms with Crippen molar-refractivity contribution >= 4 is 0 Å². The lowest BCUT2D eigenvalue weighted by molar-refractivity contribution is 0.233. The molecule has 4 unspecified atom stereocenters. The summed E-state index contributed by atoms with van der Waals surface area (Å²) >= 11 is 0. The van der Waals surface area contributed by atoms with Gasteiger partial charge < -0.3 is 5.32 Å². The molecule has 1 N–H and O–H groups in total.